The molecule has 0 aliphatic carbocycles. The normalized spacial score (nSPS) is 14.4. The van der Waals surface area contributed by atoms with Crippen LogP contribution in [0.25, 0.3) is 5.69 Å². The molecule has 3 heterocycles. The van der Waals surface area contributed by atoms with Gasteiger partial charge in [-0.25, -0.2) is 4.68 Å². The van der Waals surface area contributed by atoms with E-state index in [0.717, 1.165) is 48.7 Å². The number of benzene rings is 1. The van der Waals surface area contributed by atoms with Crippen LogP contribution >= 0.6 is 0 Å². The second-order valence-corrected chi connectivity index (χ2v) is 6.58. The van der Waals surface area contributed by atoms with E-state index in [2.05, 4.69) is 15.1 Å². The smallest absolute Gasteiger partial charge is 0.144 e. The summed E-state index contributed by atoms with van der Waals surface area (Å²) in [4.78, 5) is 2.37. The van der Waals surface area contributed by atoms with Gasteiger partial charge in [-0.15, -0.1) is 0 Å². The molecule has 1 aliphatic heterocycles. The standard InChI is InChI=1S/C19H23N5O2/c1-22-17-7-8-23(12-15(17)16(13-25)21-22)10-14-9-20-24(11-14)18-5-3-4-6-19(18)26-2/h3-6,9,11,25H,7-8,10,12-13H2,1-2H3. The third kappa shape index (κ3) is 3.00. The van der Waals surface area contributed by atoms with E-state index in [4.69, 9.17) is 4.74 Å². The van der Waals surface area contributed by atoms with Crippen molar-refractivity contribution in [3.63, 3.8) is 0 Å². The Labute approximate surface area is 152 Å². The Bertz CT molecular complexity index is 915. The summed E-state index contributed by atoms with van der Waals surface area (Å²) in [6.45, 7) is 2.58. The number of para-hydroxylation sites is 2. The largest absolute Gasteiger partial charge is 0.494 e. The number of aryl methyl sites for hydroxylation is 1. The van der Waals surface area contributed by atoms with Gasteiger partial charge in [0.2, 0.25) is 0 Å². The van der Waals surface area contributed by atoms with Crippen LogP contribution in [0.3, 0.4) is 0 Å². The molecular formula is C19H23N5O2. The van der Waals surface area contributed by atoms with Gasteiger partial charge in [-0.1, -0.05) is 12.1 Å². The van der Waals surface area contributed by atoms with Crippen molar-refractivity contribution in [1.29, 1.82) is 0 Å². The van der Waals surface area contributed by atoms with Crippen molar-refractivity contribution in [3.05, 3.63) is 59.2 Å². The summed E-state index contributed by atoms with van der Waals surface area (Å²) in [5.41, 5.74) is 5.26. The summed E-state index contributed by atoms with van der Waals surface area (Å²) >= 11 is 0. The average Bonchev–Trinajstić information content (AvgIpc) is 3.26. The SMILES string of the molecule is COc1ccccc1-n1cc(CN2CCc3c(c(CO)nn3C)C2)cn1. The predicted octanol–water partition coefficient (Wildman–Crippen LogP) is 1.67. The lowest BCUT2D eigenvalue weighted by atomic mass is 10.0. The van der Waals surface area contributed by atoms with Crippen molar-refractivity contribution >= 4 is 0 Å². The van der Waals surface area contributed by atoms with E-state index >= 15 is 0 Å². The van der Waals surface area contributed by atoms with Gasteiger partial charge in [0.1, 0.15) is 11.4 Å². The number of aliphatic hydroxyl groups is 1. The zero-order valence-corrected chi connectivity index (χ0v) is 15.1. The van der Waals surface area contributed by atoms with Crippen LogP contribution in [0, 0.1) is 0 Å². The van der Waals surface area contributed by atoms with Crippen molar-refractivity contribution in [2.45, 2.75) is 26.1 Å². The van der Waals surface area contributed by atoms with Gasteiger partial charge in [0.25, 0.3) is 0 Å². The summed E-state index contributed by atoms with van der Waals surface area (Å²) in [6.07, 6.45) is 4.89. The Hall–Kier alpha value is -2.64. The minimum Gasteiger partial charge on any atom is -0.494 e. The van der Waals surface area contributed by atoms with Crippen molar-refractivity contribution in [1.82, 2.24) is 24.5 Å². The average molecular weight is 353 g/mol. The fourth-order valence-corrected chi connectivity index (χ4v) is 3.64. The van der Waals surface area contributed by atoms with Crippen molar-refractivity contribution in [2.24, 2.45) is 7.05 Å². The quantitative estimate of drug-likeness (QED) is 0.756. The van der Waals surface area contributed by atoms with Crippen LogP contribution in [-0.2, 0) is 33.2 Å². The van der Waals surface area contributed by atoms with Gasteiger partial charge < -0.3 is 9.84 Å². The molecule has 2 aromatic heterocycles. The Kier molecular flexibility index (Phi) is 4.48. The number of fused-ring (bicyclic) bond motifs is 1. The first-order valence-electron chi connectivity index (χ1n) is 8.73. The minimum absolute atomic E-state index is 0.0112. The van der Waals surface area contributed by atoms with Gasteiger partial charge in [-0.05, 0) is 12.1 Å². The first-order valence-corrected chi connectivity index (χ1v) is 8.73. The van der Waals surface area contributed by atoms with Crippen molar-refractivity contribution < 1.29 is 9.84 Å². The Morgan fingerprint density at radius 3 is 2.92 bits per heavy atom. The lowest BCUT2D eigenvalue weighted by molar-refractivity contribution is 0.236. The molecule has 0 saturated carbocycles. The lowest BCUT2D eigenvalue weighted by Crippen LogP contribution is -2.30. The Morgan fingerprint density at radius 2 is 2.12 bits per heavy atom. The molecule has 7 nitrogen and oxygen atoms in total. The molecule has 26 heavy (non-hydrogen) atoms. The Morgan fingerprint density at radius 1 is 1.27 bits per heavy atom. The van der Waals surface area contributed by atoms with E-state index in [1.54, 1.807) is 7.11 Å². The first-order chi connectivity index (χ1) is 12.7. The fraction of sp³-hybridized carbons (Fsp3) is 0.368. The second-order valence-electron chi connectivity index (χ2n) is 6.58. The number of hydrogen-bond acceptors (Lipinski definition) is 5. The molecule has 0 radical (unpaired) electrons. The maximum Gasteiger partial charge on any atom is 0.144 e. The number of aromatic nitrogens is 4. The molecule has 0 fully saturated rings. The molecule has 0 unspecified atom stereocenters. The van der Waals surface area contributed by atoms with E-state index in [9.17, 15) is 5.11 Å². The summed E-state index contributed by atoms with van der Waals surface area (Å²) < 4.78 is 9.18. The van der Waals surface area contributed by atoms with Crippen LogP contribution in [0.4, 0.5) is 0 Å². The molecular weight excluding hydrogens is 330 g/mol. The summed E-state index contributed by atoms with van der Waals surface area (Å²) in [6, 6.07) is 7.85. The van der Waals surface area contributed by atoms with Gasteiger partial charge >= 0.3 is 0 Å². The van der Waals surface area contributed by atoms with Gasteiger partial charge in [0, 0.05) is 56.1 Å². The van der Waals surface area contributed by atoms with E-state index in [0.29, 0.717) is 0 Å². The van der Waals surface area contributed by atoms with E-state index in [1.165, 1.54) is 11.3 Å². The first kappa shape index (κ1) is 16.8. The Balaban J connectivity index is 1.51. The topological polar surface area (TPSA) is 68.3 Å². The molecule has 4 rings (SSSR count). The molecule has 1 N–H and O–H groups in total. The van der Waals surface area contributed by atoms with Crippen molar-refractivity contribution in [2.75, 3.05) is 13.7 Å². The molecule has 7 heteroatoms. The second kappa shape index (κ2) is 6.93. The van der Waals surface area contributed by atoms with Crippen LogP contribution in [-0.4, -0.2) is 43.2 Å². The highest BCUT2D eigenvalue weighted by molar-refractivity contribution is 5.46. The van der Waals surface area contributed by atoms with Gasteiger partial charge in [0.05, 0.1) is 25.6 Å². The number of aliphatic hydroxyl groups excluding tert-OH is 1. The minimum atomic E-state index is -0.0112. The fourth-order valence-electron chi connectivity index (χ4n) is 3.64. The summed E-state index contributed by atoms with van der Waals surface area (Å²) in [5, 5.41) is 18.5. The van der Waals surface area contributed by atoms with Gasteiger partial charge in [0.15, 0.2) is 0 Å². The molecule has 3 aromatic rings. The lowest BCUT2D eigenvalue weighted by Gasteiger charge is -2.27. The molecule has 0 bridgehead atoms. The van der Waals surface area contributed by atoms with Crippen LogP contribution < -0.4 is 4.74 Å². The van der Waals surface area contributed by atoms with Crippen molar-refractivity contribution in [3.8, 4) is 11.4 Å². The zero-order chi connectivity index (χ0) is 18.1. The van der Waals surface area contributed by atoms with E-state index in [-0.39, 0.29) is 6.61 Å². The maximum absolute atomic E-state index is 9.54. The van der Waals surface area contributed by atoms with Crippen LogP contribution in [0.1, 0.15) is 22.5 Å². The third-order valence-electron chi connectivity index (χ3n) is 4.93. The molecule has 0 amide bonds. The summed E-state index contributed by atoms with van der Waals surface area (Å²) in [7, 11) is 3.62. The van der Waals surface area contributed by atoms with Crippen LogP contribution in [0.15, 0.2) is 36.7 Å². The maximum atomic E-state index is 9.54. The number of methoxy groups -OCH3 is 1. The van der Waals surface area contributed by atoms with E-state index in [1.807, 2.05) is 53.1 Å². The highest BCUT2D eigenvalue weighted by Crippen LogP contribution is 2.25. The third-order valence-corrected chi connectivity index (χ3v) is 4.93. The molecule has 1 aliphatic rings. The van der Waals surface area contributed by atoms with E-state index < -0.39 is 0 Å². The molecule has 0 saturated heterocycles. The molecule has 0 spiro atoms. The number of nitrogens with zero attached hydrogens (tertiary/aromatic N) is 5. The number of ether oxygens (including phenoxy) is 1. The molecule has 0 atom stereocenters. The van der Waals surface area contributed by atoms with Crippen LogP contribution in [0.5, 0.6) is 5.75 Å². The highest BCUT2D eigenvalue weighted by atomic mass is 16.5. The zero-order valence-electron chi connectivity index (χ0n) is 15.1. The van der Waals surface area contributed by atoms with Gasteiger partial charge in [-0.3, -0.25) is 9.58 Å². The molecule has 1 aromatic carbocycles. The van der Waals surface area contributed by atoms with Crippen LogP contribution in [0.2, 0.25) is 0 Å². The number of rotatable bonds is 5. The monoisotopic (exact) mass is 353 g/mol. The highest BCUT2D eigenvalue weighted by Gasteiger charge is 2.23. The summed E-state index contributed by atoms with van der Waals surface area (Å²) in [5.74, 6) is 0.799. The number of hydrogen-bond donors (Lipinski definition) is 1. The predicted molar refractivity (Wildman–Crippen MR) is 97.1 cm³/mol. The van der Waals surface area contributed by atoms with Gasteiger partial charge in [-0.2, -0.15) is 10.2 Å². The molecule has 136 valence electrons.